The number of anilines is 1. The Morgan fingerprint density at radius 3 is 2.32 bits per heavy atom. The maximum Gasteiger partial charge on any atom is 0.261 e. The molecule has 0 unspecified atom stereocenters. The molecule has 15 heteroatoms. The number of benzene rings is 3. The van der Waals surface area contributed by atoms with Gasteiger partial charge in [0.15, 0.2) is 0 Å². The number of nitrogens with one attached hydrogen (secondary N) is 1. The number of fused-ring (bicyclic) bond motifs is 1. The molecule has 3 aromatic rings. The lowest BCUT2D eigenvalue weighted by Crippen LogP contribution is -2.48. The summed E-state index contributed by atoms with van der Waals surface area (Å²) < 4.78 is 74.9. The molecular formula is C35H46ClN3O9S2. The van der Waals surface area contributed by atoms with Crippen molar-refractivity contribution in [1.82, 2.24) is 9.21 Å². The molecule has 1 aliphatic rings. The zero-order chi connectivity index (χ0) is 36.6. The number of aliphatic hydroxyl groups excluding tert-OH is 1. The van der Waals surface area contributed by atoms with Crippen molar-refractivity contribution in [2.45, 2.75) is 68.1 Å². The van der Waals surface area contributed by atoms with Crippen LogP contribution in [-0.4, -0.2) is 95.8 Å². The van der Waals surface area contributed by atoms with Crippen LogP contribution in [0.4, 0.5) is 5.69 Å². The van der Waals surface area contributed by atoms with Gasteiger partial charge in [-0.15, -0.1) is 0 Å². The van der Waals surface area contributed by atoms with Gasteiger partial charge in [0.25, 0.3) is 15.9 Å². The topological polar surface area (TPSA) is 152 Å². The highest BCUT2D eigenvalue weighted by molar-refractivity contribution is 7.92. The lowest BCUT2D eigenvalue weighted by atomic mass is 10.0. The van der Waals surface area contributed by atoms with Gasteiger partial charge in [0.2, 0.25) is 10.0 Å². The van der Waals surface area contributed by atoms with Crippen molar-refractivity contribution in [2.24, 2.45) is 5.92 Å². The highest BCUT2D eigenvalue weighted by Crippen LogP contribution is 2.30. The molecule has 3 aromatic carbocycles. The molecular weight excluding hydrogens is 706 g/mol. The van der Waals surface area contributed by atoms with Gasteiger partial charge in [-0.3, -0.25) is 9.52 Å². The van der Waals surface area contributed by atoms with Crippen LogP contribution in [0.15, 0.2) is 76.5 Å². The molecule has 50 heavy (non-hydrogen) atoms. The number of aliphatic hydroxyl groups is 1. The number of ether oxygens (including phenoxy) is 3. The lowest BCUT2D eigenvalue weighted by molar-refractivity contribution is -0.00833. The third kappa shape index (κ3) is 9.89. The summed E-state index contributed by atoms with van der Waals surface area (Å²) in [5, 5.41) is 10.6. The van der Waals surface area contributed by atoms with E-state index in [1.807, 2.05) is 13.8 Å². The molecule has 0 radical (unpaired) electrons. The molecule has 0 saturated carbocycles. The number of methoxy groups -OCH3 is 1. The molecule has 0 fully saturated rings. The fourth-order valence-electron chi connectivity index (χ4n) is 5.56. The summed E-state index contributed by atoms with van der Waals surface area (Å²) in [6, 6.07) is 15.7. The summed E-state index contributed by atoms with van der Waals surface area (Å²) in [7, 11) is -4.92. The Kier molecular flexibility index (Phi) is 13.6. The fraction of sp³-hybridized carbons (Fsp3) is 0.457. The number of rotatable bonds is 10. The number of sulfonamides is 2. The average molecular weight is 752 g/mol. The summed E-state index contributed by atoms with van der Waals surface area (Å²) in [5.74, 6) is -0.0814. The zero-order valence-corrected chi connectivity index (χ0v) is 31.3. The molecule has 0 aliphatic carbocycles. The zero-order valence-electron chi connectivity index (χ0n) is 28.9. The van der Waals surface area contributed by atoms with Crippen LogP contribution in [0.1, 0.15) is 50.4 Å². The van der Waals surface area contributed by atoms with Crippen LogP contribution < -0.4 is 14.2 Å². The van der Waals surface area contributed by atoms with E-state index in [9.17, 15) is 26.7 Å². The predicted molar refractivity (Wildman–Crippen MR) is 192 cm³/mol. The first-order valence-corrected chi connectivity index (χ1v) is 19.7. The fourth-order valence-corrected chi connectivity index (χ4v) is 7.91. The standard InChI is InChI=1S/C35H46ClN3O9S2/c1-24-21-39(25(2)23-40)35(41)32-20-28(37-49(42,43)30-14-9-27(36)10-15-30)11-18-33(32)48-26(3)8-6-7-19-47-34(24)22-38(4)50(44,45)31-16-12-29(46-5)13-17-31/h9-18,20,24-26,34,37,40H,6-8,19,21-23H2,1-5H3/t24-,25+,26-,34-/m1/s1. The number of amides is 1. The molecule has 0 aromatic heterocycles. The molecule has 4 atom stereocenters. The number of hydrogen-bond acceptors (Lipinski definition) is 9. The first-order chi connectivity index (χ1) is 23.7. The molecule has 12 nitrogen and oxygen atoms in total. The van der Waals surface area contributed by atoms with E-state index < -0.39 is 38.1 Å². The van der Waals surface area contributed by atoms with E-state index in [4.69, 9.17) is 25.8 Å². The Morgan fingerprint density at radius 1 is 1.02 bits per heavy atom. The Morgan fingerprint density at radius 2 is 1.68 bits per heavy atom. The summed E-state index contributed by atoms with van der Waals surface area (Å²) >= 11 is 5.94. The van der Waals surface area contributed by atoms with E-state index in [0.29, 0.717) is 30.2 Å². The molecule has 4 rings (SSSR count). The van der Waals surface area contributed by atoms with Gasteiger partial charge in [-0.25, -0.2) is 16.8 Å². The van der Waals surface area contributed by atoms with E-state index >= 15 is 0 Å². The summed E-state index contributed by atoms with van der Waals surface area (Å²) in [4.78, 5) is 16.0. The van der Waals surface area contributed by atoms with Gasteiger partial charge in [0.05, 0.1) is 47.3 Å². The summed E-state index contributed by atoms with van der Waals surface area (Å²) in [6.07, 6.45) is 1.19. The van der Waals surface area contributed by atoms with Gasteiger partial charge >= 0.3 is 0 Å². The molecule has 0 saturated heterocycles. The van der Waals surface area contributed by atoms with Crippen LogP contribution >= 0.6 is 11.6 Å². The summed E-state index contributed by atoms with van der Waals surface area (Å²) in [6.45, 7) is 5.57. The minimum atomic E-state index is -4.02. The molecule has 274 valence electrons. The van der Waals surface area contributed by atoms with Gasteiger partial charge in [-0.05, 0) is 99.8 Å². The van der Waals surface area contributed by atoms with Crippen molar-refractivity contribution in [2.75, 3.05) is 45.2 Å². The highest BCUT2D eigenvalue weighted by atomic mass is 35.5. The van der Waals surface area contributed by atoms with Gasteiger partial charge in [-0.1, -0.05) is 18.5 Å². The van der Waals surface area contributed by atoms with Crippen LogP contribution in [0.5, 0.6) is 11.5 Å². The van der Waals surface area contributed by atoms with Gasteiger partial charge < -0.3 is 24.2 Å². The molecule has 2 N–H and O–H groups in total. The largest absolute Gasteiger partial charge is 0.497 e. The quantitative estimate of drug-likeness (QED) is 0.283. The van der Waals surface area contributed by atoms with Crippen molar-refractivity contribution < 1.29 is 40.9 Å². The van der Waals surface area contributed by atoms with Gasteiger partial charge in [0, 0.05) is 43.4 Å². The third-order valence-electron chi connectivity index (χ3n) is 8.63. The third-order valence-corrected chi connectivity index (χ3v) is 12.1. The number of halogens is 1. The summed E-state index contributed by atoms with van der Waals surface area (Å²) in [5.41, 5.74) is 0.245. The highest BCUT2D eigenvalue weighted by Gasteiger charge is 2.32. The van der Waals surface area contributed by atoms with Crippen LogP contribution in [0.25, 0.3) is 0 Å². The number of nitrogens with zero attached hydrogens (tertiary/aromatic N) is 2. The molecule has 0 bridgehead atoms. The van der Waals surface area contributed by atoms with Gasteiger partial charge in [0.1, 0.15) is 11.5 Å². The Balaban J connectivity index is 1.66. The Labute approximate surface area is 300 Å². The van der Waals surface area contributed by atoms with E-state index in [1.54, 1.807) is 25.1 Å². The molecule has 1 heterocycles. The second-order valence-electron chi connectivity index (χ2n) is 12.5. The first-order valence-electron chi connectivity index (χ1n) is 16.4. The average Bonchev–Trinajstić information content (AvgIpc) is 3.09. The Hall–Kier alpha value is -3.40. The number of carbonyl (C=O) groups excluding carboxylic acids is 1. The molecule has 0 spiro atoms. The van der Waals surface area contributed by atoms with Crippen molar-refractivity contribution in [3.05, 3.63) is 77.3 Å². The Bertz CT molecular complexity index is 1810. The molecule has 1 amide bonds. The van der Waals surface area contributed by atoms with Crippen molar-refractivity contribution in [3.8, 4) is 11.5 Å². The normalized spacial score (nSPS) is 20.4. The second kappa shape index (κ2) is 17.2. The first kappa shape index (κ1) is 39.4. The van der Waals surface area contributed by atoms with E-state index in [-0.39, 0.29) is 58.5 Å². The predicted octanol–water partition coefficient (Wildman–Crippen LogP) is 5.27. The van der Waals surface area contributed by atoms with Gasteiger partial charge in [-0.2, -0.15) is 4.31 Å². The monoisotopic (exact) mass is 751 g/mol. The number of hydrogen-bond donors (Lipinski definition) is 2. The number of carbonyl (C=O) groups is 1. The van der Waals surface area contributed by atoms with E-state index in [1.165, 1.54) is 71.9 Å². The van der Waals surface area contributed by atoms with Crippen LogP contribution in [0, 0.1) is 5.92 Å². The minimum Gasteiger partial charge on any atom is -0.497 e. The SMILES string of the molecule is COc1ccc(S(=O)(=O)N(C)C[C@H]2OCCCC[C@@H](C)Oc3ccc(NS(=O)(=O)c4ccc(Cl)cc4)cc3C(=O)N([C@@H](C)CO)C[C@H]2C)cc1. The van der Waals surface area contributed by atoms with Crippen molar-refractivity contribution in [3.63, 3.8) is 0 Å². The number of likely N-dealkylation sites (N-methyl/N-ethyl adjacent to an activating group) is 1. The van der Waals surface area contributed by atoms with E-state index in [0.717, 1.165) is 6.42 Å². The van der Waals surface area contributed by atoms with Crippen LogP contribution in [0.3, 0.4) is 0 Å². The lowest BCUT2D eigenvalue weighted by Gasteiger charge is -2.35. The van der Waals surface area contributed by atoms with Crippen LogP contribution in [0.2, 0.25) is 5.02 Å². The minimum absolute atomic E-state index is 0.00690. The maximum atomic E-state index is 14.4. The van der Waals surface area contributed by atoms with Crippen LogP contribution in [-0.2, 0) is 24.8 Å². The molecule has 1 aliphatic heterocycles. The van der Waals surface area contributed by atoms with Crippen molar-refractivity contribution in [1.29, 1.82) is 0 Å². The maximum absolute atomic E-state index is 14.4. The van der Waals surface area contributed by atoms with Crippen molar-refractivity contribution >= 4 is 43.2 Å². The van der Waals surface area contributed by atoms with E-state index in [2.05, 4.69) is 4.72 Å². The second-order valence-corrected chi connectivity index (χ2v) is 16.7. The smallest absolute Gasteiger partial charge is 0.261 e.